The number of unbranched alkanes of at least 4 members (excludes halogenated alkanes) is 15. The molecule has 2 atom stereocenters. The molecule has 2 rings (SSSR count). The Kier molecular flexibility index (Phi) is 15.3. The highest BCUT2D eigenvalue weighted by atomic mass is 15.1. The van der Waals surface area contributed by atoms with Crippen LogP contribution in [0.3, 0.4) is 0 Å². The van der Waals surface area contributed by atoms with Gasteiger partial charge in [-0.05, 0) is 26.2 Å². The number of allylic oxidation sites excluding steroid dienone is 4. The monoisotopic (exact) mass is 468 g/mol. The second-order valence-corrected chi connectivity index (χ2v) is 11.0. The topological polar surface area (TPSA) is 17.8 Å². The lowest BCUT2D eigenvalue weighted by molar-refractivity contribution is 0.380. The van der Waals surface area contributed by atoms with Crippen LogP contribution >= 0.6 is 0 Å². The van der Waals surface area contributed by atoms with Gasteiger partial charge in [-0.1, -0.05) is 147 Å². The Morgan fingerprint density at radius 2 is 1.32 bits per heavy atom. The van der Waals surface area contributed by atoms with Gasteiger partial charge in [0, 0.05) is 18.4 Å². The molecule has 34 heavy (non-hydrogen) atoms. The highest BCUT2D eigenvalue weighted by Gasteiger charge is 2.34. The number of hydrogen-bond acceptors (Lipinski definition) is 1. The van der Waals surface area contributed by atoms with E-state index < -0.39 is 0 Å². The lowest BCUT2D eigenvalue weighted by Gasteiger charge is -2.33. The quantitative estimate of drug-likeness (QED) is 0.164. The van der Waals surface area contributed by atoms with Crippen molar-refractivity contribution in [3.8, 4) is 0 Å². The van der Waals surface area contributed by atoms with E-state index in [4.69, 9.17) is 4.98 Å². The van der Waals surface area contributed by atoms with Gasteiger partial charge in [0.25, 0.3) is 0 Å². The zero-order valence-electron chi connectivity index (χ0n) is 23.1. The molecule has 1 aliphatic rings. The predicted octanol–water partition coefficient (Wildman–Crippen LogP) is 10.6. The summed E-state index contributed by atoms with van der Waals surface area (Å²) in [6, 6.07) is 0.539. The first-order valence-corrected chi connectivity index (χ1v) is 15.1. The van der Waals surface area contributed by atoms with Gasteiger partial charge in [0.1, 0.15) is 5.82 Å². The van der Waals surface area contributed by atoms with Crippen LogP contribution in [0.5, 0.6) is 0 Å². The van der Waals surface area contributed by atoms with E-state index in [0.717, 1.165) is 6.42 Å². The summed E-state index contributed by atoms with van der Waals surface area (Å²) in [7, 11) is 0. The first-order valence-electron chi connectivity index (χ1n) is 15.1. The summed E-state index contributed by atoms with van der Waals surface area (Å²) in [4.78, 5) is 4.95. The summed E-state index contributed by atoms with van der Waals surface area (Å²) in [5.41, 5.74) is 0.0901. The van der Waals surface area contributed by atoms with Gasteiger partial charge in [-0.2, -0.15) is 0 Å². The molecule has 0 radical (unpaired) electrons. The summed E-state index contributed by atoms with van der Waals surface area (Å²) in [6.07, 6.45) is 40.9. The van der Waals surface area contributed by atoms with E-state index >= 15 is 0 Å². The maximum Gasteiger partial charge on any atom is 0.119 e. The van der Waals surface area contributed by atoms with E-state index in [1.807, 2.05) is 6.20 Å². The van der Waals surface area contributed by atoms with E-state index in [-0.39, 0.29) is 5.41 Å². The van der Waals surface area contributed by atoms with E-state index in [1.165, 1.54) is 128 Å². The largest absolute Gasteiger partial charge is 0.331 e. The molecule has 0 amide bonds. The molecule has 0 N–H and O–H groups in total. The second kappa shape index (κ2) is 18.0. The number of rotatable bonds is 21. The van der Waals surface area contributed by atoms with Crippen LogP contribution in [0.1, 0.15) is 161 Å². The molecule has 1 aromatic rings. The van der Waals surface area contributed by atoms with Crippen LogP contribution in [0.25, 0.3) is 0 Å². The second-order valence-electron chi connectivity index (χ2n) is 11.0. The van der Waals surface area contributed by atoms with Gasteiger partial charge in [-0.25, -0.2) is 4.98 Å². The minimum absolute atomic E-state index is 0.0901. The normalized spacial score (nSPS) is 18.6. The van der Waals surface area contributed by atoms with Crippen molar-refractivity contribution in [3.63, 3.8) is 0 Å². The van der Waals surface area contributed by atoms with E-state index in [1.54, 1.807) is 0 Å². The molecule has 2 heteroatoms. The maximum atomic E-state index is 4.95. The molecule has 0 saturated carbocycles. The number of imidazole rings is 1. The fourth-order valence-corrected chi connectivity index (χ4v) is 5.65. The average Bonchev–Trinajstić information content (AvgIpc) is 3.36. The minimum atomic E-state index is 0.0901. The van der Waals surface area contributed by atoms with Crippen molar-refractivity contribution in [2.75, 3.05) is 0 Å². The Morgan fingerprint density at radius 1 is 0.765 bits per heavy atom. The zero-order valence-corrected chi connectivity index (χ0v) is 23.1. The van der Waals surface area contributed by atoms with E-state index in [2.05, 4.69) is 55.8 Å². The van der Waals surface area contributed by atoms with E-state index in [9.17, 15) is 0 Å². The molecule has 0 fully saturated rings. The van der Waals surface area contributed by atoms with Gasteiger partial charge in [-0.15, -0.1) is 0 Å². The van der Waals surface area contributed by atoms with Gasteiger partial charge in [0.05, 0.1) is 5.41 Å². The van der Waals surface area contributed by atoms with Gasteiger partial charge in [0.2, 0.25) is 0 Å². The minimum Gasteiger partial charge on any atom is -0.331 e. The third kappa shape index (κ3) is 10.5. The lowest BCUT2D eigenvalue weighted by atomic mass is 9.76. The summed E-state index contributed by atoms with van der Waals surface area (Å²) in [5.74, 6) is 1.31. The standard InChI is InChI=1S/C32H56N2/c1-4-6-8-10-12-13-14-16-18-21-25-32(26-22-19-23-27-32)31-33-28-29-34(31)30(3)24-20-17-15-11-9-7-5-2/h19,22-23,26,28-30H,4-18,20-21,24-25,27H2,1-3H3. The molecule has 194 valence electrons. The van der Waals surface area contributed by atoms with Crippen LogP contribution in [0.4, 0.5) is 0 Å². The number of aromatic nitrogens is 2. The Bertz CT molecular complexity index is 670. The Hall–Kier alpha value is -1.31. The van der Waals surface area contributed by atoms with Crippen LogP contribution in [0.15, 0.2) is 36.7 Å². The Labute approximate surface area is 212 Å². The molecule has 0 aromatic carbocycles. The molecular formula is C32H56N2. The third-order valence-electron chi connectivity index (χ3n) is 7.94. The summed E-state index contributed by atoms with van der Waals surface area (Å²) in [5, 5.41) is 0. The highest BCUT2D eigenvalue weighted by molar-refractivity contribution is 5.29. The van der Waals surface area contributed by atoms with Crippen molar-refractivity contribution in [2.45, 2.75) is 161 Å². The van der Waals surface area contributed by atoms with E-state index in [0.29, 0.717) is 6.04 Å². The van der Waals surface area contributed by atoms with Gasteiger partial charge in [0.15, 0.2) is 0 Å². The van der Waals surface area contributed by atoms with Crippen molar-refractivity contribution in [2.24, 2.45) is 0 Å². The van der Waals surface area contributed by atoms with Gasteiger partial charge < -0.3 is 4.57 Å². The SMILES string of the molecule is CCCCCCCCCCCCC1(c2nccn2C(C)CCCCCCCCC)C=CC=CC1. The predicted molar refractivity (Wildman–Crippen MR) is 151 cm³/mol. The molecular weight excluding hydrogens is 412 g/mol. The van der Waals surface area contributed by atoms with Gasteiger partial charge in [-0.3, -0.25) is 0 Å². The first-order chi connectivity index (χ1) is 16.7. The van der Waals surface area contributed by atoms with Crippen molar-refractivity contribution in [1.82, 2.24) is 9.55 Å². The van der Waals surface area contributed by atoms with Crippen molar-refractivity contribution >= 4 is 0 Å². The molecule has 0 saturated heterocycles. The number of nitrogens with zero attached hydrogens (tertiary/aromatic N) is 2. The zero-order chi connectivity index (χ0) is 24.3. The molecule has 1 aliphatic carbocycles. The number of hydrogen-bond donors (Lipinski definition) is 0. The van der Waals surface area contributed by atoms with Crippen molar-refractivity contribution < 1.29 is 0 Å². The highest BCUT2D eigenvalue weighted by Crippen LogP contribution is 2.38. The first kappa shape index (κ1) is 28.9. The van der Waals surface area contributed by atoms with Crippen LogP contribution in [0, 0.1) is 0 Å². The maximum absolute atomic E-state index is 4.95. The van der Waals surface area contributed by atoms with Crippen molar-refractivity contribution in [3.05, 3.63) is 42.5 Å². The molecule has 0 aliphatic heterocycles. The molecule has 1 aromatic heterocycles. The lowest BCUT2D eigenvalue weighted by Crippen LogP contribution is -2.29. The summed E-state index contributed by atoms with van der Waals surface area (Å²) >= 11 is 0. The third-order valence-corrected chi connectivity index (χ3v) is 7.94. The Morgan fingerprint density at radius 3 is 1.88 bits per heavy atom. The molecule has 0 bridgehead atoms. The van der Waals surface area contributed by atoms with Crippen LogP contribution < -0.4 is 0 Å². The fraction of sp³-hybridized carbons (Fsp3) is 0.781. The summed E-state index contributed by atoms with van der Waals surface area (Å²) in [6.45, 7) is 7.00. The van der Waals surface area contributed by atoms with Crippen LogP contribution in [-0.2, 0) is 5.41 Å². The average molecular weight is 469 g/mol. The molecule has 0 spiro atoms. The van der Waals surface area contributed by atoms with Crippen LogP contribution in [0.2, 0.25) is 0 Å². The fourth-order valence-electron chi connectivity index (χ4n) is 5.65. The molecule has 2 nitrogen and oxygen atoms in total. The molecule has 1 heterocycles. The molecule has 2 unspecified atom stereocenters. The Balaban J connectivity index is 1.78. The summed E-state index contributed by atoms with van der Waals surface area (Å²) < 4.78 is 2.51. The van der Waals surface area contributed by atoms with Crippen LogP contribution in [-0.4, -0.2) is 9.55 Å². The van der Waals surface area contributed by atoms with Crippen molar-refractivity contribution in [1.29, 1.82) is 0 Å². The smallest absolute Gasteiger partial charge is 0.119 e. The van der Waals surface area contributed by atoms with Gasteiger partial charge >= 0.3 is 0 Å².